The molecule has 1 N–H and O–H groups in total. The Bertz CT molecular complexity index is 1210. The molecule has 0 bridgehead atoms. The molecule has 1 atom stereocenters. The van der Waals surface area contributed by atoms with Crippen molar-refractivity contribution >= 4 is 24.2 Å². The Morgan fingerprint density at radius 2 is 1.11 bits per heavy atom. The molecule has 1 unspecified atom stereocenters. The zero-order valence-corrected chi connectivity index (χ0v) is 21.2. The number of hydrogen-bond donors (Lipinski definition) is 1. The van der Waals surface area contributed by atoms with Crippen molar-refractivity contribution in [3.8, 4) is 17.2 Å². The number of carbonyl (C=O) groups is 1. The van der Waals surface area contributed by atoms with Crippen LogP contribution in [-0.2, 0) is 4.57 Å². The van der Waals surface area contributed by atoms with Gasteiger partial charge in [-0.2, -0.15) is 0 Å². The van der Waals surface area contributed by atoms with Gasteiger partial charge in [0.2, 0.25) is 0 Å². The fourth-order valence-corrected chi connectivity index (χ4v) is 4.65. The SMILES string of the molecule is COc1cc(OC)c(C(O)C(=O)c2ccccc2)c(OC)c1.O=[P+](c1ccccc1)c1ccccc1. The van der Waals surface area contributed by atoms with Gasteiger partial charge in [-0.15, -0.1) is 0 Å². The normalized spacial score (nSPS) is 10.9. The average Bonchev–Trinajstić information content (AvgIpc) is 2.96. The van der Waals surface area contributed by atoms with Gasteiger partial charge >= 0.3 is 7.80 Å². The van der Waals surface area contributed by atoms with E-state index in [1.165, 1.54) is 21.3 Å². The number of hydrogen-bond acceptors (Lipinski definition) is 6. The fourth-order valence-electron chi connectivity index (χ4n) is 3.47. The summed E-state index contributed by atoms with van der Waals surface area (Å²) in [5.41, 5.74) is 0.689. The second-order valence-corrected chi connectivity index (χ2v) is 9.17. The van der Waals surface area contributed by atoms with Crippen molar-refractivity contribution in [3.05, 3.63) is 114 Å². The van der Waals surface area contributed by atoms with Crippen LogP contribution < -0.4 is 24.8 Å². The van der Waals surface area contributed by atoms with E-state index in [-0.39, 0.29) is 5.56 Å². The summed E-state index contributed by atoms with van der Waals surface area (Å²) < 4.78 is 27.7. The highest BCUT2D eigenvalue weighted by molar-refractivity contribution is 7.61. The van der Waals surface area contributed by atoms with Crippen LogP contribution in [0.5, 0.6) is 17.2 Å². The minimum absolute atomic E-state index is 0.277. The largest absolute Gasteiger partial charge is 0.496 e. The molecule has 4 aromatic rings. The lowest BCUT2D eigenvalue weighted by Gasteiger charge is -2.18. The van der Waals surface area contributed by atoms with E-state index in [1.54, 1.807) is 42.5 Å². The van der Waals surface area contributed by atoms with Crippen LogP contribution >= 0.6 is 7.80 Å². The Morgan fingerprint density at radius 1 is 0.694 bits per heavy atom. The smallest absolute Gasteiger partial charge is 0.415 e. The number of aliphatic hydroxyl groups is 1. The third kappa shape index (κ3) is 6.57. The van der Waals surface area contributed by atoms with Crippen LogP contribution in [0.2, 0.25) is 0 Å². The van der Waals surface area contributed by atoms with Crippen molar-refractivity contribution in [1.82, 2.24) is 0 Å². The first-order valence-corrected chi connectivity index (χ1v) is 12.4. The molecule has 0 radical (unpaired) electrons. The molecule has 0 spiro atoms. The Labute approximate surface area is 211 Å². The Kier molecular flexibility index (Phi) is 9.75. The van der Waals surface area contributed by atoms with Crippen molar-refractivity contribution in [2.24, 2.45) is 0 Å². The highest BCUT2D eigenvalue weighted by Gasteiger charge is 2.27. The number of ether oxygens (including phenoxy) is 3. The number of ketones is 1. The molecule has 7 heteroatoms. The van der Waals surface area contributed by atoms with E-state index in [0.717, 1.165) is 10.6 Å². The summed E-state index contributed by atoms with van der Waals surface area (Å²) >= 11 is 0. The van der Waals surface area contributed by atoms with E-state index in [9.17, 15) is 14.5 Å². The molecule has 0 aliphatic rings. The van der Waals surface area contributed by atoms with E-state index in [4.69, 9.17) is 14.2 Å². The highest BCUT2D eigenvalue weighted by atomic mass is 31.1. The first kappa shape index (κ1) is 26.6. The molecule has 0 heterocycles. The first-order valence-electron chi connectivity index (χ1n) is 11.1. The van der Waals surface area contributed by atoms with Gasteiger partial charge in [-0.3, -0.25) is 4.79 Å². The lowest BCUT2D eigenvalue weighted by atomic mass is 9.98. The van der Waals surface area contributed by atoms with E-state index in [2.05, 4.69) is 0 Å². The van der Waals surface area contributed by atoms with E-state index in [1.807, 2.05) is 60.7 Å². The minimum atomic E-state index is -1.42. The van der Waals surface area contributed by atoms with Crippen LogP contribution in [-0.4, -0.2) is 32.2 Å². The molecule has 0 aliphatic carbocycles. The second-order valence-electron chi connectivity index (χ2n) is 7.54. The van der Waals surface area contributed by atoms with Crippen molar-refractivity contribution < 1.29 is 28.7 Å². The van der Waals surface area contributed by atoms with Gasteiger partial charge in [0.25, 0.3) is 0 Å². The van der Waals surface area contributed by atoms with Gasteiger partial charge in [0.05, 0.1) is 26.9 Å². The van der Waals surface area contributed by atoms with Gasteiger partial charge in [0.15, 0.2) is 16.4 Å². The van der Waals surface area contributed by atoms with Crippen LogP contribution in [0.3, 0.4) is 0 Å². The molecule has 184 valence electrons. The van der Waals surface area contributed by atoms with Gasteiger partial charge < -0.3 is 19.3 Å². The summed E-state index contributed by atoms with van der Waals surface area (Å²) in [5.74, 6) is 0.736. The molecule has 4 rings (SSSR count). The average molecular weight is 504 g/mol. The summed E-state index contributed by atoms with van der Waals surface area (Å²) in [7, 11) is 3.00. The highest BCUT2D eigenvalue weighted by Crippen LogP contribution is 2.39. The topological polar surface area (TPSA) is 82.1 Å². The molecule has 0 fully saturated rings. The third-order valence-corrected chi connectivity index (χ3v) is 6.85. The molecule has 0 amide bonds. The van der Waals surface area contributed by atoms with Gasteiger partial charge in [-0.05, 0) is 24.3 Å². The zero-order valence-electron chi connectivity index (χ0n) is 20.3. The molecule has 0 saturated heterocycles. The number of rotatable bonds is 8. The predicted molar refractivity (Wildman–Crippen MR) is 142 cm³/mol. The van der Waals surface area contributed by atoms with Crippen LogP contribution in [0.1, 0.15) is 22.0 Å². The molecule has 36 heavy (non-hydrogen) atoms. The lowest BCUT2D eigenvalue weighted by Crippen LogP contribution is -2.14. The summed E-state index contributed by atoms with van der Waals surface area (Å²) in [6.45, 7) is 0. The maximum absolute atomic E-state index is 12.4. The van der Waals surface area contributed by atoms with Gasteiger partial charge in [-0.1, -0.05) is 71.3 Å². The van der Waals surface area contributed by atoms with E-state index < -0.39 is 19.7 Å². The van der Waals surface area contributed by atoms with Crippen molar-refractivity contribution in [2.45, 2.75) is 6.10 Å². The summed E-state index contributed by atoms with van der Waals surface area (Å²) in [5, 5.41) is 12.2. The second kappa shape index (κ2) is 13.2. The molecular weight excluding hydrogens is 475 g/mol. The molecule has 0 aromatic heterocycles. The molecule has 4 aromatic carbocycles. The Hall–Kier alpha value is -3.99. The Morgan fingerprint density at radius 3 is 1.50 bits per heavy atom. The third-order valence-electron chi connectivity index (χ3n) is 5.31. The van der Waals surface area contributed by atoms with Crippen LogP contribution in [0.4, 0.5) is 0 Å². The molecule has 6 nitrogen and oxygen atoms in total. The standard InChI is InChI=1S/C17H18O5.C12H10OP/c1-20-12-9-13(21-2)15(14(10-12)22-3)17(19)16(18)11-7-5-4-6-8-11;13-14(11-7-3-1-4-8-11)12-9-5-2-6-10-12/h4-10,17,19H,1-3H3;1-10H/q;+1. The number of carbonyl (C=O) groups excluding carboxylic acids is 1. The number of Topliss-reactive ketones (excluding diaryl/α,β-unsaturated/α-hetero) is 1. The monoisotopic (exact) mass is 503 g/mol. The van der Waals surface area contributed by atoms with Gasteiger partial charge in [0, 0.05) is 17.7 Å². The molecule has 0 aliphatic heterocycles. The van der Waals surface area contributed by atoms with Crippen molar-refractivity contribution in [1.29, 1.82) is 0 Å². The van der Waals surface area contributed by atoms with Gasteiger partial charge in [0.1, 0.15) is 23.4 Å². The minimum Gasteiger partial charge on any atom is -0.496 e. The Balaban J connectivity index is 0.000000221. The molecular formula is C29H28O6P+. The lowest BCUT2D eigenvalue weighted by molar-refractivity contribution is 0.0736. The van der Waals surface area contributed by atoms with Gasteiger partial charge in [-0.25, -0.2) is 0 Å². The predicted octanol–water partition coefficient (Wildman–Crippen LogP) is 5.09. The van der Waals surface area contributed by atoms with Crippen LogP contribution in [0.15, 0.2) is 103 Å². The number of aliphatic hydroxyl groups excluding tert-OH is 1. The first-order chi connectivity index (χ1) is 17.5. The number of benzene rings is 4. The number of methoxy groups -OCH3 is 3. The van der Waals surface area contributed by atoms with E-state index >= 15 is 0 Å². The van der Waals surface area contributed by atoms with Crippen LogP contribution in [0.25, 0.3) is 0 Å². The van der Waals surface area contributed by atoms with Crippen molar-refractivity contribution in [2.75, 3.05) is 21.3 Å². The molecule has 0 saturated carbocycles. The van der Waals surface area contributed by atoms with Crippen molar-refractivity contribution in [3.63, 3.8) is 0 Å². The zero-order chi connectivity index (χ0) is 25.9. The maximum atomic E-state index is 12.4. The quantitative estimate of drug-likeness (QED) is 0.266. The maximum Gasteiger partial charge on any atom is 0.415 e. The van der Waals surface area contributed by atoms with E-state index in [0.29, 0.717) is 22.8 Å². The summed E-state index contributed by atoms with van der Waals surface area (Å²) in [4.78, 5) is 12.4. The van der Waals surface area contributed by atoms with Crippen LogP contribution in [0, 0.1) is 0 Å². The fraction of sp³-hybridized carbons (Fsp3) is 0.138. The summed E-state index contributed by atoms with van der Waals surface area (Å²) in [6.07, 6.45) is -1.39. The summed E-state index contributed by atoms with van der Waals surface area (Å²) in [6, 6.07) is 30.8.